The van der Waals surface area contributed by atoms with E-state index in [1.807, 2.05) is 0 Å². The number of carbonyl (C=O) groups is 1. The van der Waals surface area contributed by atoms with Gasteiger partial charge in [0, 0.05) is 11.9 Å². The molecule has 0 bridgehead atoms. The number of pyridine rings is 1. The van der Waals surface area contributed by atoms with Crippen LogP contribution in [0, 0.1) is 0 Å². The van der Waals surface area contributed by atoms with Gasteiger partial charge in [-0.3, -0.25) is 9.78 Å². The molecule has 1 aromatic heterocycles. The van der Waals surface area contributed by atoms with E-state index >= 15 is 0 Å². The van der Waals surface area contributed by atoms with Gasteiger partial charge in [0.25, 0.3) is 0 Å². The Morgan fingerprint density at radius 3 is 2.92 bits per heavy atom. The predicted molar refractivity (Wildman–Crippen MR) is 49.1 cm³/mol. The summed E-state index contributed by atoms with van der Waals surface area (Å²) in [6, 6.07) is 3.34. The Hall–Kier alpha value is -1.58. The monoisotopic (exact) mass is 180 g/mol. The molecule has 1 rings (SSSR count). The fourth-order valence-electron chi connectivity index (χ4n) is 1.000. The molecule has 0 saturated carbocycles. The zero-order chi connectivity index (χ0) is 9.84. The SMILES string of the molecule is COC(=O)C(C)c1cc(N)ccn1. The Kier molecular flexibility index (Phi) is 2.84. The van der Waals surface area contributed by atoms with Crippen molar-refractivity contribution >= 4 is 11.7 Å². The van der Waals surface area contributed by atoms with Gasteiger partial charge in [-0.15, -0.1) is 0 Å². The number of carbonyl (C=O) groups excluding carboxylic acids is 1. The lowest BCUT2D eigenvalue weighted by Crippen LogP contribution is -2.12. The van der Waals surface area contributed by atoms with Crippen LogP contribution < -0.4 is 5.73 Å². The molecule has 4 nitrogen and oxygen atoms in total. The van der Waals surface area contributed by atoms with Crippen molar-refractivity contribution in [1.82, 2.24) is 4.98 Å². The molecule has 1 aromatic rings. The minimum Gasteiger partial charge on any atom is -0.469 e. The number of methoxy groups -OCH3 is 1. The first-order valence-corrected chi connectivity index (χ1v) is 3.94. The predicted octanol–water partition coefficient (Wildman–Crippen LogP) is 0.940. The molecule has 0 aliphatic rings. The van der Waals surface area contributed by atoms with Crippen LogP contribution in [0.2, 0.25) is 0 Å². The molecule has 70 valence electrons. The lowest BCUT2D eigenvalue weighted by molar-refractivity contribution is -0.142. The summed E-state index contributed by atoms with van der Waals surface area (Å²) in [5.74, 6) is -0.674. The second-order valence-electron chi connectivity index (χ2n) is 2.76. The van der Waals surface area contributed by atoms with Crippen molar-refractivity contribution in [2.24, 2.45) is 0 Å². The summed E-state index contributed by atoms with van der Waals surface area (Å²) in [6.07, 6.45) is 1.57. The Morgan fingerprint density at radius 2 is 2.38 bits per heavy atom. The first-order valence-electron chi connectivity index (χ1n) is 3.94. The van der Waals surface area contributed by atoms with Crippen molar-refractivity contribution in [3.8, 4) is 0 Å². The third kappa shape index (κ3) is 2.18. The first-order chi connectivity index (χ1) is 6.15. The molecule has 1 atom stereocenters. The average Bonchev–Trinajstić information content (AvgIpc) is 2.15. The molecular formula is C9H12N2O2. The number of nitrogen functional groups attached to an aromatic ring is 1. The third-order valence-corrected chi connectivity index (χ3v) is 1.80. The number of anilines is 1. The van der Waals surface area contributed by atoms with Gasteiger partial charge in [0.05, 0.1) is 18.7 Å². The summed E-state index contributed by atoms with van der Waals surface area (Å²) >= 11 is 0. The van der Waals surface area contributed by atoms with E-state index in [4.69, 9.17) is 5.73 Å². The Bertz CT molecular complexity index is 312. The molecule has 0 spiro atoms. The fraction of sp³-hybridized carbons (Fsp3) is 0.333. The van der Waals surface area contributed by atoms with E-state index < -0.39 is 0 Å². The van der Waals surface area contributed by atoms with Crippen molar-refractivity contribution in [3.05, 3.63) is 24.0 Å². The van der Waals surface area contributed by atoms with E-state index in [0.29, 0.717) is 11.4 Å². The van der Waals surface area contributed by atoms with Gasteiger partial charge in [-0.05, 0) is 19.1 Å². The van der Waals surface area contributed by atoms with E-state index in [-0.39, 0.29) is 11.9 Å². The van der Waals surface area contributed by atoms with Crippen LogP contribution in [-0.2, 0) is 9.53 Å². The van der Waals surface area contributed by atoms with Gasteiger partial charge in [-0.2, -0.15) is 0 Å². The van der Waals surface area contributed by atoms with Crippen molar-refractivity contribution < 1.29 is 9.53 Å². The largest absolute Gasteiger partial charge is 0.469 e. The van der Waals surface area contributed by atoms with Crippen molar-refractivity contribution in [2.45, 2.75) is 12.8 Å². The maximum atomic E-state index is 11.1. The van der Waals surface area contributed by atoms with E-state index in [2.05, 4.69) is 9.72 Å². The number of rotatable bonds is 2. The van der Waals surface area contributed by atoms with E-state index in [9.17, 15) is 4.79 Å². The van der Waals surface area contributed by atoms with E-state index in [0.717, 1.165) is 0 Å². The molecule has 0 aliphatic carbocycles. The second-order valence-corrected chi connectivity index (χ2v) is 2.76. The van der Waals surface area contributed by atoms with Crippen molar-refractivity contribution in [1.29, 1.82) is 0 Å². The molecule has 1 heterocycles. The van der Waals surface area contributed by atoms with Crippen LogP contribution in [0.3, 0.4) is 0 Å². The highest BCUT2D eigenvalue weighted by Crippen LogP contribution is 2.15. The summed E-state index contributed by atoms with van der Waals surface area (Å²) in [5, 5.41) is 0. The van der Waals surface area contributed by atoms with Crippen LogP contribution >= 0.6 is 0 Å². The molecule has 0 fully saturated rings. The quantitative estimate of drug-likeness (QED) is 0.688. The number of hydrogen-bond acceptors (Lipinski definition) is 4. The molecule has 0 radical (unpaired) electrons. The standard InChI is InChI=1S/C9H12N2O2/c1-6(9(12)13-2)8-5-7(10)3-4-11-8/h3-6H,1-2H3,(H2,10,11). The molecule has 0 aliphatic heterocycles. The highest BCUT2D eigenvalue weighted by molar-refractivity contribution is 5.77. The summed E-state index contributed by atoms with van der Waals surface area (Å²) in [5.41, 5.74) is 6.78. The summed E-state index contributed by atoms with van der Waals surface area (Å²) < 4.78 is 4.59. The number of esters is 1. The van der Waals surface area contributed by atoms with Crippen LogP contribution in [0.25, 0.3) is 0 Å². The normalized spacial score (nSPS) is 12.2. The summed E-state index contributed by atoms with van der Waals surface area (Å²) in [6.45, 7) is 1.73. The topological polar surface area (TPSA) is 65.2 Å². The highest BCUT2D eigenvalue weighted by Gasteiger charge is 2.16. The Labute approximate surface area is 76.7 Å². The first kappa shape index (κ1) is 9.51. The molecule has 4 heteroatoms. The minimum absolute atomic E-state index is 0.307. The van der Waals surface area contributed by atoms with Crippen LogP contribution in [0.15, 0.2) is 18.3 Å². The van der Waals surface area contributed by atoms with Crippen molar-refractivity contribution in [2.75, 3.05) is 12.8 Å². The van der Waals surface area contributed by atoms with Gasteiger partial charge in [-0.1, -0.05) is 0 Å². The number of hydrogen-bond donors (Lipinski definition) is 1. The van der Waals surface area contributed by atoms with E-state index in [1.165, 1.54) is 7.11 Å². The van der Waals surface area contributed by atoms with Crippen LogP contribution in [0.5, 0.6) is 0 Å². The Balaban J connectivity index is 2.88. The highest BCUT2D eigenvalue weighted by atomic mass is 16.5. The van der Waals surface area contributed by atoms with Gasteiger partial charge < -0.3 is 10.5 Å². The molecule has 0 amide bonds. The molecule has 2 N–H and O–H groups in total. The van der Waals surface area contributed by atoms with Crippen LogP contribution in [0.1, 0.15) is 18.5 Å². The average molecular weight is 180 g/mol. The van der Waals surface area contributed by atoms with Crippen molar-refractivity contribution in [3.63, 3.8) is 0 Å². The summed E-state index contributed by atoms with van der Waals surface area (Å²) in [7, 11) is 1.35. The van der Waals surface area contributed by atoms with Gasteiger partial charge in [0.15, 0.2) is 0 Å². The minimum atomic E-state index is -0.367. The van der Waals surface area contributed by atoms with Crippen LogP contribution in [-0.4, -0.2) is 18.1 Å². The molecule has 0 aromatic carbocycles. The van der Waals surface area contributed by atoms with Gasteiger partial charge in [0.2, 0.25) is 0 Å². The maximum Gasteiger partial charge on any atom is 0.314 e. The van der Waals surface area contributed by atoms with Gasteiger partial charge in [-0.25, -0.2) is 0 Å². The number of aromatic nitrogens is 1. The zero-order valence-electron chi connectivity index (χ0n) is 7.65. The molecule has 13 heavy (non-hydrogen) atoms. The molecular weight excluding hydrogens is 168 g/mol. The lowest BCUT2D eigenvalue weighted by atomic mass is 10.1. The second kappa shape index (κ2) is 3.89. The van der Waals surface area contributed by atoms with Gasteiger partial charge in [0.1, 0.15) is 0 Å². The lowest BCUT2D eigenvalue weighted by Gasteiger charge is -2.08. The number of nitrogens with zero attached hydrogens (tertiary/aromatic N) is 1. The zero-order valence-corrected chi connectivity index (χ0v) is 7.65. The third-order valence-electron chi connectivity index (χ3n) is 1.80. The number of ether oxygens (including phenoxy) is 1. The smallest absolute Gasteiger partial charge is 0.314 e. The fourth-order valence-corrected chi connectivity index (χ4v) is 1.000. The molecule has 0 saturated heterocycles. The van der Waals surface area contributed by atoms with Crippen LogP contribution in [0.4, 0.5) is 5.69 Å². The van der Waals surface area contributed by atoms with Gasteiger partial charge >= 0.3 is 5.97 Å². The molecule has 1 unspecified atom stereocenters. The summed E-state index contributed by atoms with van der Waals surface area (Å²) in [4.78, 5) is 15.1. The Morgan fingerprint density at radius 1 is 1.69 bits per heavy atom. The maximum absolute atomic E-state index is 11.1. The number of nitrogens with two attached hydrogens (primary N) is 1. The van der Waals surface area contributed by atoms with E-state index in [1.54, 1.807) is 25.3 Å².